The molecule has 0 unspecified atom stereocenters. The molecule has 2 heterocycles. The van der Waals surface area contributed by atoms with Gasteiger partial charge in [-0.25, -0.2) is 22.5 Å². The third-order valence-corrected chi connectivity index (χ3v) is 9.13. The summed E-state index contributed by atoms with van der Waals surface area (Å²) in [5.74, 6) is -0.986. The second kappa shape index (κ2) is 9.79. The Balaban J connectivity index is 1.91. The Hall–Kier alpha value is -4.16. The summed E-state index contributed by atoms with van der Waals surface area (Å²) >= 11 is 3.44. The molecule has 4 N–H and O–H groups in total. The summed E-state index contributed by atoms with van der Waals surface area (Å²) in [6, 6.07) is 18.7. The number of nitrogens with zero attached hydrogens (tertiary/aromatic N) is 2. The Morgan fingerprint density at radius 2 is 1.73 bits per heavy atom. The van der Waals surface area contributed by atoms with Crippen LogP contribution in [0.15, 0.2) is 80.8 Å². The molecule has 40 heavy (non-hydrogen) atoms. The van der Waals surface area contributed by atoms with E-state index in [9.17, 15) is 22.8 Å². The Morgan fingerprint density at radius 3 is 2.42 bits per heavy atom. The van der Waals surface area contributed by atoms with Gasteiger partial charge in [-0.2, -0.15) is 0 Å². The molecule has 0 aliphatic carbocycles. The summed E-state index contributed by atoms with van der Waals surface area (Å²) in [5.41, 5.74) is 6.40. The van der Waals surface area contributed by atoms with E-state index in [4.69, 9.17) is 5.73 Å². The molecule has 0 fully saturated rings. The number of amides is 1. The maximum absolute atomic E-state index is 13.9. The molecule has 10 nitrogen and oxygen atoms in total. The zero-order valence-electron chi connectivity index (χ0n) is 21.9. The van der Waals surface area contributed by atoms with Crippen molar-refractivity contribution in [1.29, 1.82) is 0 Å². The second-order valence-corrected chi connectivity index (χ2v) is 13.7. The van der Waals surface area contributed by atoms with E-state index in [-0.39, 0.29) is 23.3 Å². The van der Waals surface area contributed by atoms with E-state index in [1.807, 2.05) is 6.07 Å². The van der Waals surface area contributed by atoms with E-state index in [0.717, 1.165) is 10.1 Å². The van der Waals surface area contributed by atoms with Crippen molar-refractivity contribution in [3.05, 3.63) is 103 Å². The van der Waals surface area contributed by atoms with Crippen LogP contribution in [0.4, 0.5) is 5.69 Å². The van der Waals surface area contributed by atoms with Crippen LogP contribution in [0.5, 0.6) is 0 Å². The zero-order chi connectivity index (χ0) is 29.0. The van der Waals surface area contributed by atoms with Crippen LogP contribution in [0.1, 0.15) is 36.8 Å². The van der Waals surface area contributed by atoms with Crippen LogP contribution in [-0.2, 0) is 16.6 Å². The molecular formula is C28H26BrN5O5S. The largest absolute Gasteiger partial charge is 0.399 e. The number of carbonyl (C=O) groups is 1. The third-order valence-electron chi connectivity index (χ3n) is 6.57. The fourth-order valence-electron chi connectivity index (χ4n) is 4.49. The summed E-state index contributed by atoms with van der Waals surface area (Å²) in [6.07, 6.45) is 0. The van der Waals surface area contributed by atoms with Crippen LogP contribution in [0.25, 0.3) is 27.5 Å². The first-order chi connectivity index (χ1) is 18.8. The van der Waals surface area contributed by atoms with Gasteiger partial charge in [-0.3, -0.25) is 9.59 Å². The number of aromatic amines is 1. The number of anilines is 1. The lowest BCUT2D eigenvalue weighted by Crippen LogP contribution is -2.44. The molecular weight excluding hydrogens is 598 g/mol. The highest BCUT2D eigenvalue weighted by molar-refractivity contribution is 9.10. The van der Waals surface area contributed by atoms with Gasteiger partial charge in [0.2, 0.25) is 10.0 Å². The normalized spacial score (nSPS) is 12.2. The number of carbonyl (C=O) groups excluding carboxylic acids is 1. The van der Waals surface area contributed by atoms with Crippen LogP contribution < -0.4 is 21.7 Å². The smallest absolute Gasteiger partial charge is 0.333 e. The van der Waals surface area contributed by atoms with E-state index in [1.54, 1.807) is 65.2 Å². The second-order valence-electron chi connectivity index (χ2n) is 10.4. The standard InChI is InChI=1S/C28H26BrN5O5S/c1-28(2,3)40(38,39)32-25(35)24-23(34-26(36)19-9-4-5-10-21(19)31-27(34)37)20-14-17(29)11-12-22(20)33(24)15-16-7-6-8-18(30)13-16/h4-14H,15,30H2,1-3H3,(H,31,37)(H,32,35). The highest BCUT2D eigenvalue weighted by Gasteiger charge is 2.34. The zero-order valence-corrected chi connectivity index (χ0v) is 24.3. The minimum absolute atomic E-state index is 0.0428. The lowest BCUT2D eigenvalue weighted by molar-refractivity contribution is 0.0972. The molecule has 0 saturated carbocycles. The predicted octanol–water partition coefficient (Wildman–Crippen LogP) is 3.88. The molecule has 0 bridgehead atoms. The number of benzene rings is 3. The molecule has 1 amide bonds. The fraction of sp³-hybridized carbons (Fsp3) is 0.179. The number of H-pyrrole nitrogens is 1. The first-order valence-corrected chi connectivity index (χ1v) is 14.5. The van der Waals surface area contributed by atoms with Crippen molar-refractivity contribution in [3.63, 3.8) is 0 Å². The number of hydrogen-bond acceptors (Lipinski definition) is 6. The van der Waals surface area contributed by atoms with Crippen LogP contribution >= 0.6 is 15.9 Å². The number of fused-ring (bicyclic) bond motifs is 2. The van der Waals surface area contributed by atoms with Gasteiger partial charge >= 0.3 is 5.69 Å². The van der Waals surface area contributed by atoms with Crippen molar-refractivity contribution in [3.8, 4) is 5.69 Å². The number of para-hydroxylation sites is 1. The number of rotatable bonds is 5. The molecule has 12 heteroatoms. The molecule has 0 aliphatic rings. The van der Waals surface area contributed by atoms with Gasteiger partial charge in [-0.05, 0) is 68.8 Å². The van der Waals surface area contributed by atoms with Crippen molar-refractivity contribution in [2.24, 2.45) is 0 Å². The molecule has 0 atom stereocenters. The molecule has 0 spiro atoms. The van der Waals surface area contributed by atoms with E-state index >= 15 is 0 Å². The van der Waals surface area contributed by atoms with Crippen LogP contribution in [0.3, 0.4) is 0 Å². The number of nitrogens with two attached hydrogens (primary N) is 1. The molecule has 5 rings (SSSR count). The number of aromatic nitrogens is 3. The van der Waals surface area contributed by atoms with Crippen LogP contribution in [0, 0.1) is 0 Å². The summed E-state index contributed by atoms with van der Waals surface area (Å²) < 4.78 is 30.1. The quantitative estimate of drug-likeness (QED) is 0.253. The van der Waals surface area contributed by atoms with Gasteiger partial charge < -0.3 is 15.3 Å². The summed E-state index contributed by atoms with van der Waals surface area (Å²) in [7, 11) is -4.16. The summed E-state index contributed by atoms with van der Waals surface area (Å²) in [5, 5.41) is 0.613. The maximum atomic E-state index is 13.9. The molecule has 206 valence electrons. The molecule has 0 saturated heterocycles. The van der Waals surface area contributed by atoms with E-state index in [2.05, 4.69) is 25.6 Å². The van der Waals surface area contributed by atoms with Crippen molar-refractivity contribution in [1.82, 2.24) is 18.8 Å². The Morgan fingerprint density at radius 1 is 1.00 bits per heavy atom. The predicted molar refractivity (Wildman–Crippen MR) is 159 cm³/mol. The van der Waals surface area contributed by atoms with Gasteiger partial charge in [-0.15, -0.1) is 0 Å². The number of nitrogen functional groups attached to an aromatic ring is 1. The molecule has 5 aromatic rings. The highest BCUT2D eigenvalue weighted by Crippen LogP contribution is 2.32. The minimum Gasteiger partial charge on any atom is -0.399 e. The minimum atomic E-state index is -4.16. The number of halogens is 1. The van der Waals surface area contributed by atoms with Crippen molar-refractivity contribution < 1.29 is 13.2 Å². The SMILES string of the molecule is CC(C)(C)S(=O)(=O)NC(=O)c1c(-n2c(=O)[nH]c3ccccc3c2=O)c2cc(Br)ccc2n1Cc1cccc(N)c1. The lowest BCUT2D eigenvalue weighted by Gasteiger charge is -2.20. The highest BCUT2D eigenvalue weighted by atomic mass is 79.9. The number of sulfonamides is 1. The fourth-order valence-corrected chi connectivity index (χ4v) is 5.50. The van der Waals surface area contributed by atoms with Gasteiger partial charge in [-0.1, -0.05) is 40.2 Å². The third kappa shape index (κ3) is 4.73. The Bertz CT molecular complexity index is 2050. The topological polar surface area (TPSA) is 149 Å². The van der Waals surface area contributed by atoms with Gasteiger partial charge in [0.15, 0.2) is 0 Å². The summed E-state index contributed by atoms with van der Waals surface area (Å²) in [4.78, 5) is 43.8. The van der Waals surface area contributed by atoms with Gasteiger partial charge in [0.25, 0.3) is 11.5 Å². The molecule has 3 aromatic carbocycles. The van der Waals surface area contributed by atoms with Crippen molar-refractivity contribution in [2.45, 2.75) is 32.1 Å². The monoisotopic (exact) mass is 623 g/mol. The van der Waals surface area contributed by atoms with Crippen molar-refractivity contribution >= 4 is 59.4 Å². The lowest BCUT2D eigenvalue weighted by atomic mass is 10.2. The van der Waals surface area contributed by atoms with Crippen LogP contribution in [0.2, 0.25) is 0 Å². The molecule has 2 aromatic heterocycles. The first-order valence-electron chi connectivity index (χ1n) is 12.3. The average molecular weight is 625 g/mol. The Kier molecular flexibility index (Phi) is 6.71. The van der Waals surface area contributed by atoms with E-state index < -0.39 is 31.9 Å². The number of nitrogens with one attached hydrogen (secondary N) is 2. The molecule has 0 aliphatic heterocycles. The van der Waals surface area contributed by atoms with E-state index in [1.165, 1.54) is 20.8 Å². The van der Waals surface area contributed by atoms with Gasteiger partial charge in [0.1, 0.15) is 5.69 Å². The Labute approximate surface area is 237 Å². The van der Waals surface area contributed by atoms with Crippen molar-refractivity contribution in [2.75, 3.05) is 5.73 Å². The average Bonchev–Trinajstić information content (AvgIpc) is 3.16. The van der Waals surface area contributed by atoms with E-state index in [0.29, 0.717) is 26.6 Å². The summed E-state index contributed by atoms with van der Waals surface area (Å²) in [6.45, 7) is 4.48. The maximum Gasteiger partial charge on any atom is 0.333 e. The molecule has 0 radical (unpaired) electrons. The van der Waals surface area contributed by atoms with Gasteiger partial charge in [0, 0.05) is 22.1 Å². The number of hydrogen-bond donors (Lipinski definition) is 3. The first kappa shape index (κ1) is 27.4. The van der Waals surface area contributed by atoms with Gasteiger partial charge in [0.05, 0.1) is 26.9 Å². The van der Waals surface area contributed by atoms with Crippen LogP contribution in [-0.4, -0.2) is 33.2 Å².